The molecule has 0 aliphatic rings. The van der Waals surface area contributed by atoms with E-state index in [1.165, 1.54) is 16.4 Å². The van der Waals surface area contributed by atoms with E-state index >= 15 is 0 Å². The van der Waals surface area contributed by atoms with Crippen LogP contribution < -0.4 is 11.4 Å². The highest BCUT2D eigenvalue weighted by Gasteiger charge is 2.29. The molecule has 36 heavy (non-hydrogen) atoms. The molecule has 4 rings (SSSR count). The second kappa shape index (κ2) is 10.2. The number of alkyl halides is 3. The van der Waals surface area contributed by atoms with E-state index in [4.69, 9.17) is 17.3 Å². The third kappa shape index (κ3) is 5.46. The number of hydrogen-bond acceptors (Lipinski definition) is 6. The molecule has 9 nitrogen and oxygen atoms in total. The summed E-state index contributed by atoms with van der Waals surface area (Å²) in [6.07, 6.45) is -3.84. The lowest BCUT2D eigenvalue weighted by Gasteiger charge is -2.08. The molecule has 0 spiro atoms. The highest BCUT2D eigenvalue weighted by atomic mass is 35.5. The topological polar surface area (TPSA) is 114 Å². The van der Waals surface area contributed by atoms with Gasteiger partial charge in [-0.2, -0.15) is 13.2 Å². The van der Waals surface area contributed by atoms with Gasteiger partial charge in [-0.1, -0.05) is 23.7 Å². The summed E-state index contributed by atoms with van der Waals surface area (Å²) in [6, 6.07) is 13.3. The third-order valence-corrected chi connectivity index (χ3v) is 6.16. The summed E-state index contributed by atoms with van der Waals surface area (Å²) in [5, 5.41) is 9.00. The van der Waals surface area contributed by atoms with E-state index in [0.29, 0.717) is 16.3 Å². The Morgan fingerprint density at radius 3 is 2.44 bits per heavy atom. The summed E-state index contributed by atoms with van der Waals surface area (Å²) in [7, 11) is 0. The Bertz CT molecular complexity index is 1460. The van der Waals surface area contributed by atoms with Gasteiger partial charge in [0.05, 0.1) is 12.1 Å². The van der Waals surface area contributed by atoms with Crippen LogP contribution in [-0.4, -0.2) is 47.5 Å². The van der Waals surface area contributed by atoms with Crippen LogP contribution >= 0.6 is 23.4 Å². The third-order valence-electron chi connectivity index (χ3n) is 5.12. The predicted octanol–water partition coefficient (Wildman–Crippen LogP) is 3.77. The predicted molar refractivity (Wildman–Crippen MR) is 128 cm³/mol. The minimum Gasteiger partial charge on any atom is -0.363 e. The second-order valence-corrected chi connectivity index (χ2v) is 8.87. The Labute approximate surface area is 211 Å². The Hall–Kier alpha value is -3.58. The zero-order chi connectivity index (χ0) is 26.0. The maximum absolute atomic E-state index is 13.1. The lowest BCUT2D eigenvalue weighted by Crippen LogP contribution is -2.27. The minimum atomic E-state index is -4.47. The number of hydrogen-bond donors (Lipinski definition) is 1. The molecule has 2 aromatic heterocycles. The Kier molecular flexibility index (Phi) is 7.22. The van der Waals surface area contributed by atoms with Crippen LogP contribution in [0.2, 0.25) is 5.02 Å². The van der Waals surface area contributed by atoms with Gasteiger partial charge in [-0.15, -0.1) is 22.0 Å². The monoisotopic (exact) mass is 537 g/mol. The number of nitrogens with zero attached hydrogens (tertiary/aromatic N) is 6. The maximum Gasteiger partial charge on any atom is 0.390 e. The number of carbonyl (C=O) groups is 1. The van der Waals surface area contributed by atoms with Gasteiger partial charge in [0.2, 0.25) is 5.82 Å². The van der Waals surface area contributed by atoms with Crippen LogP contribution in [-0.2, 0) is 13.1 Å². The number of para-hydroxylation sites is 1. The number of aromatic nitrogens is 6. The van der Waals surface area contributed by atoms with Gasteiger partial charge in [0.15, 0.2) is 11.6 Å². The fourth-order valence-corrected chi connectivity index (χ4v) is 4.19. The molecule has 0 aliphatic heterocycles. The Morgan fingerprint density at radius 2 is 1.81 bits per heavy atom. The van der Waals surface area contributed by atoms with Crippen molar-refractivity contribution in [2.24, 2.45) is 5.73 Å². The standard InChI is InChI=1S/C22H19ClF3N7O2S/c1-36-16-5-3-2-4-15(16)33-20(18(27)34)28-17(29-33)12-32-21(35)31(11-10-22(24,25)26)19(30-32)13-6-8-14(23)9-7-13/h2-9H,10-12H2,1H3,(H2,27,34). The van der Waals surface area contributed by atoms with Crippen molar-refractivity contribution in [1.82, 2.24) is 29.1 Å². The van der Waals surface area contributed by atoms with Crippen LogP contribution in [0.15, 0.2) is 58.2 Å². The molecule has 0 fully saturated rings. The minimum absolute atomic E-state index is 0.0307. The van der Waals surface area contributed by atoms with Gasteiger partial charge in [-0.25, -0.2) is 19.1 Å². The first-order valence-electron chi connectivity index (χ1n) is 10.5. The van der Waals surface area contributed by atoms with Gasteiger partial charge in [-0.05, 0) is 42.7 Å². The van der Waals surface area contributed by atoms with Crippen molar-refractivity contribution < 1.29 is 18.0 Å². The van der Waals surface area contributed by atoms with Crippen LogP contribution in [0, 0.1) is 0 Å². The number of nitrogens with two attached hydrogens (primary N) is 1. The second-order valence-electron chi connectivity index (χ2n) is 7.59. The van der Waals surface area contributed by atoms with Crippen molar-refractivity contribution in [2.75, 3.05) is 6.26 Å². The molecule has 0 atom stereocenters. The number of benzene rings is 2. The highest BCUT2D eigenvalue weighted by Crippen LogP contribution is 2.25. The lowest BCUT2D eigenvalue weighted by atomic mass is 10.2. The van der Waals surface area contributed by atoms with Gasteiger partial charge in [0, 0.05) is 22.0 Å². The molecule has 0 saturated carbocycles. The quantitative estimate of drug-likeness (QED) is 0.342. The lowest BCUT2D eigenvalue weighted by molar-refractivity contribution is -0.136. The summed E-state index contributed by atoms with van der Waals surface area (Å²) < 4.78 is 42.0. The largest absolute Gasteiger partial charge is 0.390 e. The molecule has 14 heteroatoms. The van der Waals surface area contributed by atoms with Crippen LogP contribution in [0.1, 0.15) is 22.9 Å². The van der Waals surface area contributed by atoms with Gasteiger partial charge in [0.1, 0.15) is 6.54 Å². The van der Waals surface area contributed by atoms with Crippen LogP contribution in [0.3, 0.4) is 0 Å². The van der Waals surface area contributed by atoms with Crippen LogP contribution in [0.5, 0.6) is 0 Å². The molecule has 0 radical (unpaired) electrons. The van der Waals surface area contributed by atoms with Crippen molar-refractivity contribution in [3.05, 3.63) is 75.7 Å². The first-order valence-corrected chi connectivity index (χ1v) is 12.1. The molecule has 4 aromatic rings. The molecule has 2 aromatic carbocycles. The number of carbonyl (C=O) groups excluding carboxylic acids is 1. The van der Waals surface area contributed by atoms with E-state index in [-0.39, 0.29) is 24.0 Å². The summed E-state index contributed by atoms with van der Waals surface area (Å²) in [5.41, 5.74) is 5.68. The smallest absolute Gasteiger partial charge is 0.363 e. The van der Waals surface area contributed by atoms with E-state index in [1.54, 1.807) is 36.4 Å². The number of thioether (sulfide) groups is 1. The average molecular weight is 538 g/mol. The number of halogens is 4. The van der Waals surface area contributed by atoms with Crippen molar-refractivity contribution >= 4 is 29.3 Å². The molecule has 2 N–H and O–H groups in total. The molecule has 0 aliphatic carbocycles. The number of rotatable bonds is 8. The fourth-order valence-electron chi connectivity index (χ4n) is 3.48. The molecule has 188 valence electrons. The molecular weight excluding hydrogens is 519 g/mol. The number of amides is 1. The zero-order valence-corrected chi connectivity index (χ0v) is 20.3. The van der Waals surface area contributed by atoms with Crippen LogP contribution in [0.4, 0.5) is 13.2 Å². The van der Waals surface area contributed by atoms with E-state index < -0.39 is 30.7 Å². The molecule has 2 heterocycles. The Balaban J connectivity index is 1.76. The normalized spacial score (nSPS) is 11.7. The van der Waals surface area contributed by atoms with Gasteiger partial charge < -0.3 is 5.73 Å². The van der Waals surface area contributed by atoms with E-state index in [0.717, 1.165) is 14.1 Å². The zero-order valence-electron chi connectivity index (χ0n) is 18.7. The van der Waals surface area contributed by atoms with E-state index in [1.807, 2.05) is 18.4 Å². The Morgan fingerprint density at radius 1 is 1.11 bits per heavy atom. The first-order chi connectivity index (χ1) is 17.1. The van der Waals surface area contributed by atoms with Crippen molar-refractivity contribution in [1.29, 1.82) is 0 Å². The molecule has 0 unspecified atom stereocenters. The molecular formula is C22H19ClF3N7O2S. The van der Waals surface area contributed by atoms with E-state index in [2.05, 4.69) is 15.2 Å². The van der Waals surface area contributed by atoms with E-state index in [9.17, 15) is 22.8 Å². The average Bonchev–Trinajstić information content (AvgIpc) is 3.39. The summed E-state index contributed by atoms with van der Waals surface area (Å²) >= 11 is 7.34. The van der Waals surface area contributed by atoms with Crippen LogP contribution in [0.25, 0.3) is 17.1 Å². The summed E-state index contributed by atoms with van der Waals surface area (Å²) in [5.74, 6) is -0.934. The maximum atomic E-state index is 13.1. The van der Waals surface area contributed by atoms with Crippen molar-refractivity contribution in [3.63, 3.8) is 0 Å². The first kappa shape index (κ1) is 25.5. The number of primary amides is 1. The fraction of sp³-hybridized carbons (Fsp3) is 0.227. The van der Waals surface area contributed by atoms with Gasteiger partial charge in [0.25, 0.3) is 5.91 Å². The van der Waals surface area contributed by atoms with Crippen molar-refractivity contribution in [2.45, 2.75) is 30.6 Å². The van der Waals surface area contributed by atoms with Crippen molar-refractivity contribution in [3.8, 4) is 17.1 Å². The molecule has 0 bridgehead atoms. The SMILES string of the molecule is CSc1ccccc1-n1nc(Cn2nc(-c3ccc(Cl)cc3)n(CCC(F)(F)F)c2=O)nc1C(N)=O. The van der Waals surface area contributed by atoms with Gasteiger partial charge in [-0.3, -0.25) is 9.36 Å². The highest BCUT2D eigenvalue weighted by molar-refractivity contribution is 7.98. The molecule has 0 saturated heterocycles. The summed E-state index contributed by atoms with van der Waals surface area (Å²) in [4.78, 5) is 30.1. The summed E-state index contributed by atoms with van der Waals surface area (Å²) in [6.45, 7) is -0.928. The van der Waals surface area contributed by atoms with Gasteiger partial charge >= 0.3 is 11.9 Å². The molecule has 1 amide bonds.